The van der Waals surface area contributed by atoms with Crippen LogP contribution in [0.1, 0.15) is 10.4 Å². The van der Waals surface area contributed by atoms with E-state index in [0.29, 0.717) is 33.8 Å². The van der Waals surface area contributed by atoms with Crippen LogP contribution in [-0.2, 0) is 0 Å². The van der Waals surface area contributed by atoms with Gasteiger partial charge in [0, 0.05) is 24.0 Å². The van der Waals surface area contributed by atoms with Crippen LogP contribution in [0.15, 0.2) is 71.8 Å². The third-order valence-electron chi connectivity index (χ3n) is 4.58. The van der Waals surface area contributed by atoms with E-state index < -0.39 is 11.5 Å². The second-order valence-electron chi connectivity index (χ2n) is 6.34. The Morgan fingerprint density at radius 3 is 2.50 bits per heavy atom. The fourth-order valence-electron chi connectivity index (χ4n) is 3.08. The number of methoxy groups -OCH3 is 2. The van der Waals surface area contributed by atoms with E-state index in [4.69, 9.17) is 9.47 Å². The Balaban J connectivity index is 1.85. The van der Waals surface area contributed by atoms with Crippen LogP contribution in [0.3, 0.4) is 0 Å². The van der Waals surface area contributed by atoms with Crippen LogP contribution in [0.2, 0.25) is 0 Å². The molecule has 0 unspecified atom stereocenters. The first-order valence-electron chi connectivity index (χ1n) is 9.08. The first kappa shape index (κ1) is 19.1. The van der Waals surface area contributed by atoms with Gasteiger partial charge in [0.2, 0.25) is 0 Å². The molecule has 8 heteroatoms. The highest BCUT2D eigenvalue weighted by Gasteiger charge is 2.18. The molecule has 0 fully saturated rings. The molecular weight excluding hydrogens is 384 g/mol. The quantitative estimate of drug-likeness (QED) is 0.552. The van der Waals surface area contributed by atoms with Crippen LogP contribution in [0.5, 0.6) is 11.5 Å². The number of nitrogens with one attached hydrogen (secondary N) is 1. The van der Waals surface area contributed by atoms with Crippen molar-refractivity contribution >= 4 is 16.8 Å². The summed E-state index contributed by atoms with van der Waals surface area (Å²) in [5.41, 5.74) is 3.68. The average Bonchev–Trinajstić information content (AvgIpc) is 2.80. The fourth-order valence-corrected chi connectivity index (χ4v) is 3.08. The smallest absolute Gasteiger partial charge is 0.280 e. The van der Waals surface area contributed by atoms with Crippen LogP contribution >= 0.6 is 0 Å². The molecule has 0 aliphatic carbocycles. The molecule has 0 radical (unpaired) electrons. The summed E-state index contributed by atoms with van der Waals surface area (Å²) < 4.78 is 11.6. The highest BCUT2D eigenvalue weighted by molar-refractivity contribution is 6.02. The van der Waals surface area contributed by atoms with E-state index >= 15 is 0 Å². The number of hydrogen-bond acceptors (Lipinski definition) is 6. The second kappa shape index (κ2) is 8.04. The van der Waals surface area contributed by atoms with E-state index in [-0.39, 0.29) is 5.56 Å². The molecule has 0 aliphatic rings. The Morgan fingerprint density at radius 2 is 1.77 bits per heavy atom. The van der Waals surface area contributed by atoms with Crippen LogP contribution < -0.4 is 20.5 Å². The molecule has 4 aromatic rings. The van der Waals surface area contributed by atoms with Crippen molar-refractivity contribution in [2.75, 3.05) is 19.6 Å². The average molecular weight is 402 g/mol. The minimum Gasteiger partial charge on any atom is -0.497 e. The number of nitrogens with zero attached hydrogens (tertiary/aromatic N) is 3. The molecule has 0 aliphatic heterocycles. The molecule has 0 bridgehead atoms. The third-order valence-corrected chi connectivity index (χ3v) is 4.58. The number of fused-ring (bicyclic) bond motifs is 1. The van der Waals surface area contributed by atoms with Gasteiger partial charge in [0.1, 0.15) is 11.5 Å². The summed E-state index contributed by atoms with van der Waals surface area (Å²) in [5.74, 6) is 0.635. The van der Waals surface area contributed by atoms with E-state index in [0.717, 1.165) is 4.68 Å². The number of amides is 1. The molecule has 30 heavy (non-hydrogen) atoms. The van der Waals surface area contributed by atoms with Gasteiger partial charge in [-0.1, -0.05) is 12.1 Å². The van der Waals surface area contributed by atoms with E-state index in [1.54, 1.807) is 67.0 Å². The molecule has 2 aromatic heterocycles. The van der Waals surface area contributed by atoms with E-state index in [2.05, 4.69) is 15.4 Å². The Morgan fingerprint density at radius 1 is 1.00 bits per heavy atom. The van der Waals surface area contributed by atoms with Gasteiger partial charge in [-0.2, -0.15) is 4.68 Å². The molecule has 2 aromatic carbocycles. The van der Waals surface area contributed by atoms with Crippen molar-refractivity contribution in [3.05, 3.63) is 82.9 Å². The maximum Gasteiger partial charge on any atom is 0.280 e. The van der Waals surface area contributed by atoms with E-state index in [9.17, 15) is 9.59 Å². The minimum atomic E-state index is -0.524. The first-order valence-corrected chi connectivity index (χ1v) is 9.08. The summed E-state index contributed by atoms with van der Waals surface area (Å²) in [7, 11) is 2.98. The molecular formula is C22H18N4O4. The SMILES string of the molecule is COc1ccc(C(=O)Nn2c(-c3ccncc3)nc3ccccc3c2=O)c(OC)c1. The lowest BCUT2D eigenvalue weighted by atomic mass is 10.2. The lowest BCUT2D eigenvalue weighted by Crippen LogP contribution is -2.35. The van der Waals surface area contributed by atoms with E-state index in [1.165, 1.54) is 14.2 Å². The van der Waals surface area contributed by atoms with Crippen molar-refractivity contribution in [3.63, 3.8) is 0 Å². The molecule has 0 spiro atoms. The molecule has 8 nitrogen and oxygen atoms in total. The van der Waals surface area contributed by atoms with Crippen molar-refractivity contribution in [2.24, 2.45) is 0 Å². The maximum atomic E-state index is 13.2. The number of carbonyl (C=O) groups is 1. The molecule has 4 rings (SSSR count). The standard InChI is InChI=1S/C22H18N4O4/c1-29-15-7-8-17(19(13-15)30-2)21(27)25-26-20(14-9-11-23-12-10-14)24-18-6-4-3-5-16(18)22(26)28/h3-13H,1-2H3,(H,25,27). The summed E-state index contributed by atoms with van der Waals surface area (Å²) in [4.78, 5) is 34.8. The van der Waals surface area contributed by atoms with Crippen molar-refractivity contribution in [1.29, 1.82) is 0 Å². The van der Waals surface area contributed by atoms with Crippen LogP contribution in [0.25, 0.3) is 22.3 Å². The Bertz CT molecular complexity index is 1290. The predicted octanol–water partition coefficient (Wildman–Crippen LogP) is 2.86. The highest BCUT2D eigenvalue weighted by Crippen LogP contribution is 2.25. The monoisotopic (exact) mass is 402 g/mol. The zero-order valence-corrected chi connectivity index (χ0v) is 16.3. The lowest BCUT2D eigenvalue weighted by Gasteiger charge is -2.16. The molecule has 1 N–H and O–H groups in total. The number of para-hydroxylation sites is 1. The second-order valence-corrected chi connectivity index (χ2v) is 6.34. The molecule has 150 valence electrons. The number of benzene rings is 2. The number of carbonyl (C=O) groups excluding carboxylic acids is 1. The summed E-state index contributed by atoms with van der Waals surface area (Å²) in [6, 6.07) is 15.2. The first-order chi connectivity index (χ1) is 14.6. The predicted molar refractivity (Wildman–Crippen MR) is 112 cm³/mol. The minimum absolute atomic E-state index is 0.249. The van der Waals surface area contributed by atoms with Crippen LogP contribution in [-0.4, -0.2) is 34.8 Å². The largest absolute Gasteiger partial charge is 0.497 e. The van der Waals surface area contributed by atoms with Crippen molar-refractivity contribution in [1.82, 2.24) is 14.6 Å². The molecule has 0 atom stereocenters. The normalized spacial score (nSPS) is 10.6. The topological polar surface area (TPSA) is 95.3 Å². The summed E-state index contributed by atoms with van der Waals surface area (Å²) in [6.07, 6.45) is 3.19. The Labute approximate surface area is 171 Å². The lowest BCUT2D eigenvalue weighted by molar-refractivity contribution is 0.100. The Hall–Kier alpha value is -4.20. The number of aromatic nitrogens is 3. The molecule has 0 saturated heterocycles. The van der Waals surface area contributed by atoms with Gasteiger partial charge in [0.15, 0.2) is 5.82 Å². The van der Waals surface area contributed by atoms with Crippen molar-refractivity contribution in [3.8, 4) is 22.9 Å². The van der Waals surface area contributed by atoms with Gasteiger partial charge in [0.05, 0.1) is 30.7 Å². The van der Waals surface area contributed by atoms with Gasteiger partial charge < -0.3 is 9.47 Å². The summed E-state index contributed by atoms with van der Waals surface area (Å²) >= 11 is 0. The van der Waals surface area contributed by atoms with Crippen molar-refractivity contribution < 1.29 is 14.3 Å². The number of hydrogen-bond donors (Lipinski definition) is 1. The summed E-state index contributed by atoms with van der Waals surface area (Å²) in [5, 5.41) is 0.386. The number of rotatable bonds is 5. The number of pyridine rings is 1. The maximum absolute atomic E-state index is 13.2. The molecule has 2 heterocycles. The highest BCUT2D eigenvalue weighted by atomic mass is 16.5. The van der Waals surface area contributed by atoms with Crippen LogP contribution in [0.4, 0.5) is 0 Å². The van der Waals surface area contributed by atoms with Gasteiger partial charge >= 0.3 is 0 Å². The summed E-state index contributed by atoms with van der Waals surface area (Å²) in [6.45, 7) is 0. The van der Waals surface area contributed by atoms with Gasteiger partial charge in [-0.3, -0.25) is 20.0 Å². The van der Waals surface area contributed by atoms with Gasteiger partial charge in [-0.25, -0.2) is 4.98 Å². The molecule has 0 saturated carbocycles. The van der Waals surface area contributed by atoms with Gasteiger partial charge in [-0.15, -0.1) is 0 Å². The van der Waals surface area contributed by atoms with Crippen molar-refractivity contribution in [2.45, 2.75) is 0 Å². The zero-order chi connectivity index (χ0) is 21.1. The third kappa shape index (κ3) is 3.46. The van der Waals surface area contributed by atoms with Crippen LogP contribution in [0, 0.1) is 0 Å². The Kier molecular flexibility index (Phi) is 5.13. The van der Waals surface area contributed by atoms with Gasteiger partial charge in [0.25, 0.3) is 11.5 Å². The van der Waals surface area contributed by atoms with Gasteiger partial charge in [-0.05, 0) is 36.4 Å². The zero-order valence-electron chi connectivity index (χ0n) is 16.3. The fraction of sp³-hybridized carbons (Fsp3) is 0.0909. The molecule has 1 amide bonds. The number of ether oxygens (including phenoxy) is 2. The van der Waals surface area contributed by atoms with E-state index in [1.807, 2.05) is 0 Å².